The molecule has 0 atom stereocenters. The van der Waals surface area contributed by atoms with Crippen molar-refractivity contribution >= 4 is 19.7 Å². The summed E-state index contributed by atoms with van der Waals surface area (Å²) in [4.78, 5) is 4.05. The van der Waals surface area contributed by atoms with Gasteiger partial charge in [0.2, 0.25) is 11.7 Å². The highest BCUT2D eigenvalue weighted by Gasteiger charge is 2.14. The van der Waals surface area contributed by atoms with Gasteiger partial charge in [0.15, 0.2) is 6.61 Å². The first-order valence-electron chi connectivity index (χ1n) is 5.33. The third kappa shape index (κ3) is 3.45. The fourth-order valence-electron chi connectivity index (χ4n) is 1.53. The van der Waals surface area contributed by atoms with E-state index in [0.29, 0.717) is 23.0 Å². The van der Waals surface area contributed by atoms with Crippen molar-refractivity contribution in [3.05, 3.63) is 35.5 Å². The van der Waals surface area contributed by atoms with E-state index in [1.807, 2.05) is 0 Å². The van der Waals surface area contributed by atoms with E-state index < -0.39 is 9.05 Å². The summed E-state index contributed by atoms with van der Waals surface area (Å²) in [6.45, 7) is 3.46. The number of hydrogen-bond acceptors (Lipinski definition) is 6. The normalized spacial score (nSPS) is 11.5. The largest absolute Gasteiger partial charge is 0.485 e. The van der Waals surface area contributed by atoms with Crippen LogP contribution in [0.3, 0.4) is 0 Å². The van der Waals surface area contributed by atoms with E-state index in [2.05, 4.69) is 10.1 Å². The van der Waals surface area contributed by atoms with Crippen LogP contribution in [0.5, 0.6) is 5.75 Å². The molecule has 0 aliphatic rings. The van der Waals surface area contributed by atoms with Crippen LogP contribution in [-0.4, -0.2) is 18.6 Å². The lowest BCUT2D eigenvalue weighted by atomic mass is 10.2. The fraction of sp³-hybridized carbons (Fsp3) is 0.273. The van der Waals surface area contributed by atoms with Crippen molar-refractivity contribution in [3.63, 3.8) is 0 Å². The molecule has 0 spiro atoms. The zero-order chi connectivity index (χ0) is 14.0. The molecule has 0 amide bonds. The Hall–Kier alpha value is -1.60. The van der Waals surface area contributed by atoms with E-state index in [1.165, 1.54) is 12.1 Å². The molecule has 1 heterocycles. The van der Waals surface area contributed by atoms with Gasteiger partial charge in [-0.1, -0.05) is 5.16 Å². The monoisotopic (exact) mass is 302 g/mol. The van der Waals surface area contributed by atoms with Gasteiger partial charge in [-0.3, -0.25) is 0 Å². The molecular weight excluding hydrogens is 292 g/mol. The maximum absolute atomic E-state index is 11.2. The third-order valence-corrected chi connectivity index (χ3v) is 3.83. The van der Waals surface area contributed by atoms with E-state index in [0.717, 1.165) is 0 Å². The van der Waals surface area contributed by atoms with E-state index >= 15 is 0 Å². The maximum Gasteiger partial charge on any atom is 0.261 e. The summed E-state index contributed by atoms with van der Waals surface area (Å²) in [5.41, 5.74) is 0.511. The molecule has 0 saturated heterocycles. The van der Waals surface area contributed by atoms with Gasteiger partial charge in [0.25, 0.3) is 9.05 Å². The zero-order valence-electron chi connectivity index (χ0n) is 10.3. The van der Waals surface area contributed by atoms with E-state index in [4.69, 9.17) is 19.9 Å². The average Bonchev–Trinajstić information content (AvgIpc) is 2.71. The van der Waals surface area contributed by atoms with Gasteiger partial charge in [0.1, 0.15) is 5.75 Å². The Bertz CT molecular complexity index is 696. The molecule has 0 radical (unpaired) electrons. The highest BCUT2D eigenvalue weighted by atomic mass is 35.7. The fourth-order valence-corrected chi connectivity index (χ4v) is 2.73. The van der Waals surface area contributed by atoms with Crippen molar-refractivity contribution in [2.75, 3.05) is 0 Å². The number of halogens is 1. The maximum atomic E-state index is 11.2. The lowest BCUT2D eigenvalue weighted by Gasteiger charge is -2.06. The molecule has 0 aliphatic heterocycles. The van der Waals surface area contributed by atoms with Crippen LogP contribution in [0.15, 0.2) is 27.6 Å². The van der Waals surface area contributed by atoms with Crippen LogP contribution in [0.4, 0.5) is 0 Å². The molecule has 0 bridgehead atoms. The summed E-state index contributed by atoms with van der Waals surface area (Å²) in [7, 11) is 1.55. The molecule has 1 aromatic carbocycles. The van der Waals surface area contributed by atoms with Crippen LogP contribution in [0.1, 0.15) is 17.3 Å². The topological polar surface area (TPSA) is 82.3 Å². The molecule has 102 valence electrons. The van der Waals surface area contributed by atoms with Crippen LogP contribution in [-0.2, 0) is 15.7 Å². The van der Waals surface area contributed by atoms with Gasteiger partial charge in [-0.25, -0.2) is 8.42 Å². The lowest BCUT2D eigenvalue weighted by molar-refractivity contribution is 0.285. The van der Waals surface area contributed by atoms with Crippen molar-refractivity contribution < 1.29 is 17.7 Å². The first kappa shape index (κ1) is 13.8. The summed E-state index contributed by atoms with van der Waals surface area (Å²) in [5, 5.41) is 3.68. The van der Waals surface area contributed by atoms with Gasteiger partial charge in [-0.05, 0) is 30.7 Å². The Balaban J connectivity index is 2.12. The summed E-state index contributed by atoms with van der Waals surface area (Å²) >= 11 is 0. The molecule has 6 nitrogen and oxygen atoms in total. The minimum atomic E-state index is -3.74. The van der Waals surface area contributed by atoms with Crippen molar-refractivity contribution in [2.24, 2.45) is 0 Å². The van der Waals surface area contributed by atoms with E-state index in [-0.39, 0.29) is 11.5 Å². The SMILES string of the molecule is Cc1nc(COc2ccc(S(=O)(=O)Cl)c(C)c2)no1. The van der Waals surface area contributed by atoms with Crippen LogP contribution < -0.4 is 4.74 Å². The molecule has 8 heteroatoms. The summed E-state index contributed by atoms with van der Waals surface area (Å²) in [6, 6.07) is 4.51. The minimum absolute atomic E-state index is 0.0666. The highest BCUT2D eigenvalue weighted by molar-refractivity contribution is 8.13. The minimum Gasteiger partial charge on any atom is -0.485 e. The number of aromatic nitrogens is 2. The van der Waals surface area contributed by atoms with Gasteiger partial charge in [-0.2, -0.15) is 4.98 Å². The van der Waals surface area contributed by atoms with Gasteiger partial charge < -0.3 is 9.26 Å². The molecular formula is C11H11ClN2O4S. The summed E-state index contributed by atoms with van der Waals surface area (Å²) in [6.07, 6.45) is 0. The Labute approximate surface area is 114 Å². The molecule has 19 heavy (non-hydrogen) atoms. The summed E-state index contributed by atoms with van der Waals surface area (Å²) in [5.74, 6) is 1.38. The van der Waals surface area contributed by atoms with Gasteiger partial charge in [0, 0.05) is 17.6 Å². The average molecular weight is 303 g/mol. The van der Waals surface area contributed by atoms with Gasteiger partial charge >= 0.3 is 0 Å². The molecule has 0 unspecified atom stereocenters. The quantitative estimate of drug-likeness (QED) is 0.805. The Morgan fingerprint density at radius 2 is 2.11 bits per heavy atom. The number of rotatable bonds is 4. The second-order valence-electron chi connectivity index (χ2n) is 3.88. The molecule has 1 aromatic heterocycles. The predicted molar refractivity (Wildman–Crippen MR) is 67.6 cm³/mol. The van der Waals surface area contributed by atoms with Gasteiger partial charge in [-0.15, -0.1) is 0 Å². The zero-order valence-corrected chi connectivity index (χ0v) is 11.8. The standard InChI is InChI=1S/C11H11ClN2O4S/c1-7-5-9(3-4-10(7)19(12,15)16)17-6-11-13-8(2)18-14-11/h3-5H,6H2,1-2H3. The molecule has 0 N–H and O–H groups in total. The number of hydrogen-bond donors (Lipinski definition) is 0. The first-order valence-corrected chi connectivity index (χ1v) is 7.64. The Morgan fingerprint density at radius 3 is 2.63 bits per heavy atom. The van der Waals surface area contributed by atoms with Crippen LogP contribution >= 0.6 is 10.7 Å². The van der Waals surface area contributed by atoms with E-state index in [9.17, 15) is 8.42 Å². The van der Waals surface area contributed by atoms with Crippen molar-refractivity contribution in [1.82, 2.24) is 10.1 Å². The van der Waals surface area contributed by atoms with Crippen molar-refractivity contribution in [1.29, 1.82) is 0 Å². The lowest BCUT2D eigenvalue weighted by Crippen LogP contribution is -1.99. The van der Waals surface area contributed by atoms with Crippen LogP contribution in [0.2, 0.25) is 0 Å². The Morgan fingerprint density at radius 1 is 1.37 bits per heavy atom. The first-order chi connectivity index (χ1) is 8.86. The van der Waals surface area contributed by atoms with Crippen molar-refractivity contribution in [3.8, 4) is 5.75 Å². The van der Waals surface area contributed by atoms with Gasteiger partial charge in [0.05, 0.1) is 4.90 Å². The second-order valence-corrected chi connectivity index (χ2v) is 6.42. The number of ether oxygens (including phenoxy) is 1. The highest BCUT2D eigenvalue weighted by Crippen LogP contribution is 2.24. The molecule has 0 saturated carbocycles. The molecule has 2 aromatic rings. The number of aryl methyl sites for hydroxylation is 2. The smallest absolute Gasteiger partial charge is 0.261 e. The molecule has 0 fully saturated rings. The summed E-state index contributed by atoms with van der Waals surface area (Å²) < 4.78 is 32.7. The Kier molecular flexibility index (Phi) is 3.77. The second kappa shape index (κ2) is 5.18. The van der Waals surface area contributed by atoms with Crippen LogP contribution in [0, 0.1) is 13.8 Å². The predicted octanol–water partition coefficient (Wildman–Crippen LogP) is 2.19. The molecule has 2 rings (SSSR count). The molecule has 0 aliphatic carbocycles. The number of nitrogens with zero attached hydrogens (tertiary/aromatic N) is 2. The third-order valence-electron chi connectivity index (χ3n) is 2.35. The van der Waals surface area contributed by atoms with Crippen molar-refractivity contribution in [2.45, 2.75) is 25.3 Å². The van der Waals surface area contributed by atoms with Crippen LogP contribution in [0.25, 0.3) is 0 Å². The van der Waals surface area contributed by atoms with E-state index in [1.54, 1.807) is 19.9 Å². The number of benzene rings is 1.